The number of hydrogen-bond donors (Lipinski definition) is 1. The van der Waals surface area contributed by atoms with Crippen molar-refractivity contribution in [2.24, 2.45) is 0 Å². The minimum absolute atomic E-state index is 1.22. The van der Waals surface area contributed by atoms with Crippen LogP contribution in [-0.2, 0) is 15.3 Å². The standard InChI is InChI=1S/C6H10.C5H5.C2H7N.4CH3.Ti/c1-3-5-6-4-2;1-2-4-5-3-1;1-3-2;;;;;/h3-6H,1-2H3;1-3H,4H2;3H,1-2H3;4*1H3;. The monoisotopic (exact) mass is 300 g/mol. The van der Waals surface area contributed by atoms with Crippen molar-refractivity contribution in [3.8, 4) is 0 Å². The van der Waals surface area contributed by atoms with Gasteiger partial charge in [0.15, 0.2) is 0 Å². The Labute approximate surface area is 122 Å². The molecule has 0 spiro atoms. The van der Waals surface area contributed by atoms with Crippen LogP contribution in [0.25, 0.3) is 0 Å². The van der Waals surface area contributed by atoms with Crippen LogP contribution in [0.3, 0.4) is 0 Å². The van der Waals surface area contributed by atoms with Gasteiger partial charge in [-0.3, -0.25) is 0 Å². The van der Waals surface area contributed by atoms with Crippen LogP contribution in [0.5, 0.6) is 0 Å². The number of hydrogen-bond acceptors (Lipinski definition) is 1. The molecule has 0 aliphatic heterocycles. The predicted molar refractivity (Wildman–Crippen MR) is 89.9 cm³/mol. The van der Waals surface area contributed by atoms with Crippen molar-refractivity contribution in [1.82, 2.24) is 5.32 Å². The zero-order valence-corrected chi connectivity index (χ0v) is 15.8. The zero-order chi connectivity index (χ0) is 15.4. The van der Waals surface area contributed by atoms with Gasteiger partial charge in [-0.1, -0.05) is 24.3 Å². The van der Waals surface area contributed by atoms with Crippen LogP contribution in [0.2, 0.25) is 20.9 Å². The fraction of sp³-hybridized carbons (Fsp3) is 0.529. The molecule has 1 nitrogen and oxygen atoms in total. The van der Waals surface area contributed by atoms with Gasteiger partial charge in [-0.25, -0.2) is 0 Å². The molecule has 0 amide bonds. The Morgan fingerprint density at radius 3 is 1.58 bits per heavy atom. The molecule has 0 aromatic carbocycles. The summed E-state index contributed by atoms with van der Waals surface area (Å²) in [4.78, 5) is 0. The average molecular weight is 300 g/mol. The second-order valence-electron chi connectivity index (χ2n) is 6.88. The quantitative estimate of drug-likeness (QED) is 0.510. The first-order valence-corrected chi connectivity index (χ1v) is 14.1. The fourth-order valence-electron chi connectivity index (χ4n) is 1.41. The molecule has 1 aliphatic rings. The third kappa shape index (κ3) is 13.9. The molecule has 0 heterocycles. The molecule has 19 heavy (non-hydrogen) atoms. The van der Waals surface area contributed by atoms with E-state index in [1.54, 1.807) is 3.88 Å². The average Bonchev–Trinajstić information content (AvgIpc) is 2.80. The second-order valence-corrected chi connectivity index (χ2v) is 20.4. The Hall–Kier alpha value is -0.366. The van der Waals surface area contributed by atoms with E-state index < -0.39 is 15.3 Å². The molecule has 0 aromatic heterocycles. The van der Waals surface area contributed by atoms with Crippen molar-refractivity contribution in [1.29, 1.82) is 0 Å². The summed E-state index contributed by atoms with van der Waals surface area (Å²) < 4.78 is 1.72. The Bertz CT molecular complexity index is 319. The SMILES string of the molecule is CC=CC=CC.CNC.[CH3][Ti]([CH3])([CH3])([CH3])[C]1=CC=CC1. The Balaban J connectivity index is 0. The molecule has 0 fully saturated rings. The van der Waals surface area contributed by atoms with Crippen molar-refractivity contribution in [2.45, 2.75) is 41.2 Å². The number of rotatable bonds is 2. The van der Waals surface area contributed by atoms with E-state index in [1.165, 1.54) is 6.42 Å². The normalized spacial score (nSPS) is 16.2. The van der Waals surface area contributed by atoms with Gasteiger partial charge in [0.2, 0.25) is 0 Å². The summed E-state index contributed by atoms with van der Waals surface area (Å²) in [5.41, 5.74) is 0. The summed E-state index contributed by atoms with van der Waals surface area (Å²) in [7, 11) is 3.75. The molecule has 0 unspecified atom stereocenters. The van der Waals surface area contributed by atoms with E-state index in [1.807, 2.05) is 52.2 Å². The maximum absolute atomic E-state index is 2.75. The van der Waals surface area contributed by atoms with Crippen LogP contribution in [0, 0.1) is 0 Å². The van der Waals surface area contributed by atoms with Gasteiger partial charge >= 0.3 is 64.7 Å². The third-order valence-electron chi connectivity index (χ3n) is 2.55. The predicted octanol–water partition coefficient (Wildman–Crippen LogP) is 5.69. The van der Waals surface area contributed by atoms with Crippen LogP contribution < -0.4 is 5.32 Å². The molecule has 0 atom stereocenters. The molecule has 111 valence electrons. The van der Waals surface area contributed by atoms with Gasteiger partial charge in [-0.15, -0.1) is 0 Å². The first-order valence-electron chi connectivity index (χ1n) is 7.12. The fourth-order valence-corrected chi connectivity index (χ4v) is 4.06. The molecule has 1 N–H and O–H groups in total. The van der Waals surface area contributed by atoms with Crippen LogP contribution in [-0.4, -0.2) is 14.1 Å². The van der Waals surface area contributed by atoms with Gasteiger partial charge in [0.25, 0.3) is 0 Å². The summed E-state index contributed by atoms with van der Waals surface area (Å²) in [5, 5.41) is 12.6. The topological polar surface area (TPSA) is 12.0 Å². The van der Waals surface area contributed by atoms with Crippen molar-refractivity contribution >= 4 is 0 Å². The van der Waals surface area contributed by atoms with Crippen LogP contribution >= 0.6 is 0 Å². The van der Waals surface area contributed by atoms with Gasteiger partial charge in [-0.2, -0.15) is 0 Å². The van der Waals surface area contributed by atoms with Crippen LogP contribution in [0.1, 0.15) is 20.3 Å². The van der Waals surface area contributed by atoms with E-state index in [-0.39, 0.29) is 0 Å². The molecule has 2 heteroatoms. The summed E-state index contributed by atoms with van der Waals surface area (Å²) >= 11 is -2.02. The molecular weight excluding hydrogens is 266 g/mol. The summed E-state index contributed by atoms with van der Waals surface area (Å²) in [6.45, 7) is 4.00. The molecule has 0 radical (unpaired) electrons. The van der Waals surface area contributed by atoms with Crippen LogP contribution in [0.4, 0.5) is 0 Å². The van der Waals surface area contributed by atoms with Crippen LogP contribution in [0.15, 0.2) is 46.4 Å². The van der Waals surface area contributed by atoms with E-state index in [0.29, 0.717) is 0 Å². The van der Waals surface area contributed by atoms with E-state index in [0.717, 1.165) is 0 Å². The van der Waals surface area contributed by atoms with Gasteiger partial charge in [0.05, 0.1) is 0 Å². The number of allylic oxidation sites excluding steroid dienone is 8. The van der Waals surface area contributed by atoms with Gasteiger partial charge in [-0.05, 0) is 27.9 Å². The Morgan fingerprint density at radius 1 is 1.00 bits per heavy atom. The summed E-state index contributed by atoms with van der Waals surface area (Å²) in [6.07, 6.45) is 16.0. The van der Waals surface area contributed by atoms with Crippen molar-refractivity contribution in [2.75, 3.05) is 14.1 Å². The zero-order valence-electron chi connectivity index (χ0n) is 14.2. The molecule has 0 aromatic rings. The minimum atomic E-state index is -2.02. The summed E-state index contributed by atoms with van der Waals surface area (Å²) in [6, 6.07) is 0. The van der Waals surface area contributed by atoms with Gasteiger partial charge < -0.3 is 5.32 Å². The molecule has 0 bridgehead atoms. The molecule has 0 saturated carbocycles. The van der Waals surface area contributed by atoms with Crippen molar-refractivity contribution in [3.63, 3.8) is 0 Å². The molecule has 0 saturated heterocycles. The van der Waals surface area contributed by atoms with Gasteiger partial charge in [0.1, 0.15) is 0 Å². The molecule has 1 aliphatic carbocycles. The number of nitrogens with one attached hydrogen (secondary N) is 1. The second kappa shape index (κ2) is 10.4. The van der Waals surface area contributed by atoms with E-state index in [9.17, 15) is 0 Å². The first-order chi connectivity index (χ1) is 8.69. The first kappa shape index (κ1) is 20.9. The van der Waals surface area contributed by atoms with E-state index >= 15 is 0 Å². The molecule has 1 rings (SSSR count). The Morgan fingerprint density at radius 2 is 1.42 bits per heavy atom. The maximum atomic E-state index is 2.75. The third-order valence-corrected chi connectivity index (χ3v) is 7.14. The van der Waals surface area contributed by atoms with E-state index in [4.69, 9.17) is 0 Å². The Kier molecular flexibility index (Phi) is 11.5. The van der Waals surface area contributed by atoms with E-state index in [2.05, 4.69) is 44.5 Å². The summed E-state index contributed by atoms with van der Waals surface area (Å²) in [5.74, 6) is 0. The van der Waals surface area contributed by atoms with Crippen molar-refractivity contribution < 1.29 is 15.3 Å². The van der Waals surface area contributed by atoms with Gasteiger partial charge in [0, 0.05) is 0 Å². The molecular formula is C17H34NTi. The van der Waals surface area contributed by atoms with Crippen molar-refractivity contribution in [3.05, 3.63) is 46.4 Å².